The standard InChI is InChI=1S/C22H31N3O/c1-4-11-23-21-17-19(25-14-12-24(5-2)13-15-25)16-20(22(21)26-3)18-9-7-6-8-10-18/h6-10,16-17,23H,4-5,11-15H2,1-3H3. The number of ether oxygens (including phenoxy) is 1. The van der Waals surface area contributed by atoms with E-state index < -0.39 is 0 Å². The zero-order chi connectivity index (χ0) is 18.4. The van der Waals surface area contributed by atoms with Gasteiger partial charge in [-0.3, -0.25) is 0 Å². The first-order chi connectivity index (χ1) is 12.8. The number of benzene rings is 2. The van der Waals surface area contributed by atoms with Crippen LogP contribution in [-0.2, 0) is 0 Å². The second-order valence-electron chi connectivity index (χ2n) is 6.79. The molecular weight excluding hydrogens is 322 g/mol. The predicted octanol–water partition coefficient (Wildman–Crippen LogP) is 4.33. The van der Waals surface area contributed by atoms with E-state index in [2.05, 4.69) is 71.4 Å². The number of nitrogens with one attached hydrogen (secondary N) is 1. The fourth-order valence-corrected chi connectivity index (χ4v) is 3.56. The minimum atomic E-state index is 0.931. The van der Waals surface area contributed by atoms with Crippen LogP contribution in [0.25, 0.3) is 11.1 Å². The van der Waals surface area contributed by atoms with Gasteiger partial charge in [-0.25, -0.2) is 0 Å². The highest BCUT2D eigenvalue weighted by molar-refractivity contribution is 5.83. The number of hydrogen-bond acceptors (Lipinski definition) is 4. The van der Waals surface area contributed by atoms with E-state index in [1.165, 1.54) is 11.3 Å². The van der Waals surface area contributed by atoms with Crippen LogP contribution in [0.3, 0.4) is 0 Å². The molecule has 1 aliphatic rings. The highest BCUT2D eigenvalue weighted by Gasteiger charge is 2.20. The van der Waals surface area contributed by atoms with Crippen molar-refractivity contribution in [3.63, 3.8) is 0 Å². The number of anilines is 2. The lowest BCUT2D eigenvalue weighted by atomic mass is 10.0. The van der Waals surface area contributed by atoms with E-state index >= 15 is 0 Å². The molecule has 26 heavy (non-hydrogen) atoms. The van der Waals surface area contributed by atoms with Crippen molar-refractivity contribution in [2.75, 3.05) is 56.6 Å². The molecule has 0 saturated carbocycles. The monoisotopic (exact) mass is 353 g/mol. The molecule has 0 amide bonds. The summed E-state index contributed by atoms with van der Waals surface area (Å²) in [5, 5.41) is 3.56. The summed E-state index contributed by atoms with van der Waals surface area (Å²) in [6.07, 6.45) is 1.09. The maximum absolute atomic E-state index is 5.82. The van der Waals surface area contributed by atoms with E-state index in [4.69, 9.17) is 4.74 Å². The van der Waals surface area contributed by atoms with E-state index in [1.807, 2.05) is 0 Å². The summed E-state index contributed by atoms with van der Waals surface area (Å²) in [5.74, 6) is 0.931. The van der Waals surface area contributed by atoms with Crippen molar-refractivity contribution in [1.82, 2.24) is 4.90 Å². The van der Waals surface area contributed by atoms with Crippen molar-refractivity contribution < 1.29 is 4.74 Å². The third kappa shape index (κ3) is 4.13. The minimum Gasteiger partial charge on any atom is -0.494 e. The van der Waals surface area contributed by atoms with Gasteiger partial charge in [0.15, 0.2) is 0 Å². The average molecular weight is 354 g/mol. The highest BCUT2D eigenvalue weighted by atomic mass is 16.5. The Balaban J connectivity index is 1.99. The quantitative estimate of drug-likeness (QED) is 0.802. The summed E-state index contributed by atoms with van der Waals surface area (Å²) < 4.78 is 5.82. The zero-order valence-electron chi connectivity index (χ0n) is 16.3. The van der Waals surface area contributed by atoms with Gasteiger partial charge in [-0.05, 0) is 30.7 Å². The summed E-state index contributed by atoms with van der Waals surface area (Å²) in [5.41, 5.74) is 4.71. The van der Waals surface area contributed by atoms with Crippen molar-refractivity contribution in [1.29, 1.82) is 0 Å². The van der Waals surface area contributed by atoms with Crippen LogP contribution in [0.1, 0.15) is 20.3 Å². The van der Waals surface area contributed by atoms with E-state index in [9.17, 15) is 0 Å². The normalized spacial score (nSPS) is 15.1. The lowest BCUT2D eigenvalue weighted by molar-refractivity contribution is 0.271. The van der Waals surface area contributed by atoms with Gasteiger partial charge in [-0.2, -0.15) is 0 Å². The molecule has 0 aromatic heterocycles. The molecule has 0 unspecified atom stereocenters. The fraction of sp³-hybridized carbons (Fsp3) is 0.455. The average Bonchev–Trinajstić information content (AvgIpc) is 2.72. The zero-order valence-corrected chi connectivity index (χ0v) is 16.3. The van der Waals surface area contributed by atoms with Crippen LogP contribution in [0.2, 0.25) is 0 Å². The number of methoxy groups -OCH3 is 1. The number of hydrogen-bond donors (Lipinski definition) is 1. The Kier molecular flexibility index (Phi) is 6.40. The Morgan fingerprint density at radius 1 is 1.00 bits per heavy atom. The van der Waals surface area contributed by atoms with E-state index in [-0.39, 0.29) is 0 Å². The molecule has 1 fully saturated rings. The van der Waals surface area contributed by atoms with Crippen molar-refractivity contribution >= 4 is 11.4 Å². The van der Waals surface area contributed by atoms with Crippen LogP contribution in [0.4, 0.5) is 11.4 Å². The van der Waals surface area contributed by atoms with E-state index in [0.717, 1.165) is 62.7 Å². The molecule has 2 aromatic rings. The summed E-state index contributed by atoms with van der Waals surface area (Å²) >= 11 is 0. The maximum Gasteiger partial charge on any atom is 0.149 e. The Bertz CT molecular complexity index is 694. The molecule has 0 bridgehead atoms. The summed E-state index contributed by atoms with van der Waals surface area (Å²) in [6.45, 7) is 10.9. The van der Waals surface area contributed by atoms with Gasteiger partial charge < -0.3 is 19.9 Å². The van der Waals surface area contributed by atoms with E-state index in [1.54, 1.807) is 7.11 Å². The summed E-state index contributed by atoms with van der Waals surface area (Å²) in [7, 11) is 1.76. The third-order valence-electron chi connectivity index (χ3n) is 5.11. The van der Waals surface area contributed by atoms with Crippen molar-refractivity contribution in [3.05, 3.63) is 42.5 Å². The smallest absolute Gasteiger partial charge is 0.149 e. The molecule has 1 saturated heterocycles. The van der Waals surface area contributed by atoms with Crippen LogP contribution in [0, 0.1) is 0 Å². The van der Waals surface area contributed by atoms with Gasteiger partial charge >= 0.3 is 0 Å². The first-order valence-electron chi connectivity index (χ1n) is 9.75. The molecule has 0 atom stereocenters. The van der Waals surface area contributed by atoms with Crippen LogP contribution in [0.15, 0.2) is 42.5 Å². The van der Waals surface area contributed by atoms with Gasteiger partial charge in [0, 0.05) is 44.0 Å². The van der Waals surface area contributed by atoms with Crippen LogP contribution < -0.4 is 15.0 Å². The lowest BCUT2D eigenvalue weighted by Crippen LogP contribution is -2.46. The highest BCUT2D eigenvalue weighted by Crippen LogP contribution is 2.40. The van der Waals surface area contributed by atoms with Crippen LogP contribution >= 0.6 is 0 Å². The second kappa shape index (κ2) is 8.95. The van der Waals surface area contributed by atoms with Gasteiger partial charge in [0.1, 0.15) is 5.75 Å². The topological polar surface area (TPSA) is 27.7 Å². The molecular formula is C22H31N3O. The molecule has 140 valence electrons. The molecule has 4 nitrogen and oxygen atoms in total. The second-order valence-corrected chi connectivity index (χ2v) is 6.79. The van der Waals surface area contributed by atoms with Gasteiger partial charge in [0.25, 0.3) is 0 Å². The molecule has 3 rings (SSSR count). The summed E-state index contributed by atoms with van der Waals surface area (Å²) in [4.78, 5) is 5.00. The largest absolute Gasteiger partial charge is 0.494 e. The molecule has 4 heteroatoms. The van der Waals surface area contributed by atoms with Gasteiger partial charge in [0.05, 0.1) is 12.8 Å². The number of nitrogens with zero attached hydrogens (tertiary/aromatic N) is 2. The lowest BCUT2D eigenvalue weighted by Gasteiger charge is -2.36. The van der Waals surface area contributed by atoms with Crippen LogP contribution in [0.5, 0.6) is 5.75 Å². The number of piperazine rings is 1. The number of likely N-dealkylation sites (N-methyl/N-ethyl adjacent to an activating group) is 1. The molecule has 0 radical (unpaired) electrons. The Morgan fingerprint density at radius 3 is 2.35 bits per heavy atom. The SMILES string of the molecule is CCCNc1cc(N2CCN(CC)CC2)cc(-c2ccccc2)c1OC. The molecule has 1 N–H and O–H groups in total. The third-order valence-corrected chi connectivity index (χ3v) is 5.11. The predicted molar refractivity (Wildman–Crippen MR) is 112 cm³/mol. The maximum atomic E-state index is 5.82. The first-order valence-corrected chi connectivity index (χ1v) is 9.75. The van der Waals surface area contributed by atoms with Crippen molar-refractivity contribution in [2.45, 2.75) is 20.3 Å². The van der Waals surface area contributed by atoms with Gasteiger partial charge in [-0.15, -0.1) is 0 Å². The first kappa shape index (κ1) is 18.6. The van der Waals surface area contributed by atoms with Gasteiger partial charge in [0.2, 0.25) is 0 Å². The molecule has 1 heterocycles. The van der Waals surface area contributed by atoms with Crippen molar-refractivity contribution in [3.8, 4) is 16.9 Å². The Morgan fingerprint density at radius 2 is 1.73 bits per heavy atom. The number of rotatable bonds is 7. The molecule has 1 aliphatic heterocycles. The Hall–Kier alpha value is -2.20. The summed E-state index contributed by atoms with van der Waals surface area (Å²) in [6, 6.07) is 15.1. The van der Waals surface area contributed by atoms with E-state index in [0.29, 0.717) is 0 Å². The Labute approximate surface area is 157 Å². The fourth-order valence-electron chi connectivity index (χ4n) is 3.56. The minimum absolute atomic E-state index is 0.931. The van der Waals surface area contributed by atoms with Crippen LogP contribution in [-0.4, -0.2) is 51.3 Å². The van der Waals surface area contributed by atoms with Gasteiger partial charge in [-0.1, -0.05) is 44.2 Å². The molecule has 0 aliphatic carbocycles. The molecule has 2 aromatic carbocycles. The molecule has 0 spiro atoms. The van der Waals surface area contributed by atoms with Crippen molar-refractivity contribution in [2.24, 2.45) is 0 Å².